The van der Waals surface area contributed by atoms with Crippen LogP contribution in [0.5, 0.6) is 0 Å². The van der Waals surface area contributed by atoms with E-state index in [0.717, 1.165) is 11.1 Å². The zero-order chi connectivity index (χ0) is 12.3. The number of hydroxylamine groups is 1. The van der Waals surface area contributed by atoms with Crippen molar-refractivity contribution in [2.24, 2.45) is 0 Å². The lowest BCUT2D eigenvalue weighted by atomic mass is 9.95. The second-order valence-electron chi connectivity index (χ2n) is 3.98. The van der Waals surface area contributed by atoms with Crippen molar-refractivity contribution in [1.29, 1.82) is 0 Å². The maximum absolute atomic E-state index is 11.8. The molecule has 1 aromatic carbocycles. The SMILES string of the molecule is CONC(=O)c1cc(C)c(Cl)cc1C(C)C. The third-order valence-electron chi connectivity index (χ3n) is 2.39. The molecule has 4 heteroatoms. The van der Waals surface area contributed by atoms with E-state index in [1.165, 1.54) is 7.11 Å². The lowest BCUT2D eigenvalue weighted by Crippen LogP contribution is -2.23. The summed E-state index contributed by atoms with van der Waals surface area (Å²) in [6.45, 7) is 5.91. The first kappa shape index (κ1) is 13.0. The molecule has 1 amide bonds. The van der Waals surface area contributed by atoms with Crippen molar-refractivity contribution in [2.75, 3.05) is 7.11 Å². The molecule has 0 aromatic heterocycles. The van der Waals surface area contributed by atoms with Crippen LogP contribution in [0.2, 0.25) is 5.02 Å². The van der Waals surface area contributed by atoms with E-state index in [9.17, 15) is 4.79 Å². The number of rotatable bonds is 3. The summed E-state index contributed by atoms with van der Waals surface area (Å²) < 4.78 is 0. The Morgan fingerprint density at radius 1 is 1.44 bits per heavy atom. The van der Waals surface area contributed by atoms with E-state index >= 15 is 0 Å². The van der Waals surface area contributed by atoms with Crippen LogP contribution in [0.3, 0.4) is 0 Å². The number of hydrogen-bond donors (Lipinski definition) is 1. The average molecular weight is 242 g/mol. The maximum Gasteiger partial charge on any atom is 0.275 e. The summed E-state index contributed by atoms with van der Waals surface area (Å²) in [5.74, 6) is -0.0123. The van der Waals surface area contributed by atoms with Gasteiger partial charge >= 0.3 is 0 Å². The summed E-state index contributed by atoms with van der Waals surface area (Å²) in [5.41, 5.74) is 4.73. The highest BCUT2D eigenvalue weighted by Crippen LogP contribution is 2.26. The molecule has 0 spiro atoms. The molecular formula is C12H16ClNO2. The van der Waals surface area contributed by atoms with Crippen LogP contribution in [0.25, 0.3) is 0 Å². The molecule has 1 rings (SSSR count). The van der Waals surface area contributed by atoms with Crippen LogP contribution >= 0.6 is 11.6 Å². The molecule has 0 saturated carbocycles. The number of carbonyl (C=O) groups is 1. The van der Waals surface area contributed by atoms with Crippen LogP contribution in [0.4, 0.5) is 0 Å². The lowest BCUT2D eigenvalue weighted by Gasteiger charge is -2.14. The minimum atomic E-state index is -0.244. The van der Waals surface area contributed by atoms with Crippen LogP contribution in [0, 0.1) is 6.92 Å². The van der Waals surface area contributed by atoms with Gasteiger partial charge in [-0.15, -0.1) is 0 Å². The minimum absolute atomic E-state index is 0.232. The van der Waals surface area contributed by atoms with Gasteiger partial charge in [-0.05, 0) is 36.1 Å². The molecule has 0 fully saturated rings. The molecule has 0 aliphatic carbocycles. The third-order valence-corrected chi connectivity index (χ3v) is 2.80. The molecule has 0 atom stereocenters. The monoisotopic (exact) mass is 241 g/mol. The van der Waals surface area contributed by atoms with Crippen molar-refractivity contribution in [3.05, 3.63) is 33.8 Å². The van der Waals surface area contributed by atoms with Crippen LogP contribution in [0.1, 0.15) is 41.3 Å². The normalized spacial score (nSPS) is 10.6. The molecule has 1 N–H and O–H groups in total. The van der Waals surface area contributed by atoms with E-state index in [4.69, 9.17) is 11.6 Å². The molecule has 0 saturated heterocycles. The Morgan fingerprint density at radius 3 is 2.56 bits per heavy atom. The zero-order valence-corrected chi connectivity index (χ0v) is 10.7. The van der Waals surface area contributed by atoms with Gasteiger partial charge in [0.15, 0.2) is 0 Å². The van der Waals surface area contributed by atoms with Crippen molar-refractivity contribution in [3.8, 4) is 0 Å². The molecule has 16 heavy (non-hydrogen) atoms. The van der Waals surface area contributed by atoms with Crippen LogP contribution in [-0.4, -0.2) is 13.0 Å². The van der Waals surface area contributed by atoms with E-state index < -0.39 is 0 Å². The third kappa shape index (κ3) is 2.74. The molecular weight excluding hydrogens is 226 g/mol. The van der Waals surface area contributed by atoms with Crippen molar-refractivity contribution in [1.82, 2.24) is 5.48 Å². The molecule has 0 unspecified atom stereocenters. The summed E-state index contributed by atoms with van der Waals surface area (Å²) in [5, 5.41) is 0.678. The first-order valence-corrected chi connectivity index (χ1v) is 5.48. The van der Waals surface area contributed by atoms with Gasteiger partial charge in [-0.1, -0.05) is 25.4 Å². The molecule has 88 valence electrons. The van der Waals surface area contributed by atoms with Gasteiger partial charge in [-0.2, -0.15) is 0 Å². The average Bonchev–Trinajstić information content (AvgIpc) is 2.21. The lowest BCUT2D eigenvalue weighted by molar-refractivity contribution is 0.0536. The Morgan fingerprint density at radius 2 is 2.06 bits per heavy atom. The van der Waals surface area contributed by atoms with Gasteiger partial charge in [-0.25, -0.2) is 5.48 Å². The van der Waals surface area contributed by atoms with Gasteiger partial charge in [0.05, 0.1) is 7.11 Å². The molecule has 0 bridgehead atoms. The van der Waals surface area contributed by atoms with E-state index in [1.807, 2.05) is 26.8 Å². The Balaban J connectivity index is 3.24. The molecule has 1 aromatic rings. The largest absolute Gasteiger partial charge is 0.277 e. The Hall–Kier alpha value is -1.06. The van der Waals surface area contributed by atoms with Gasteiger partial charge in [0, 0.05) is 10.6 Å². The van der Waals surface area contributed by atoms with Crippen LogP contribution < -0.4 is 5.48 Å². The summed E-state index contributed by atoms with van der Waals surface area (Å²) in [6, 6.07) is 3.62. The van der Waals surface area contributed by atoms with Gasteiger partial charge < -0.3 is 0 Å². The first-order chi connectivity index (χ1) is 7.47. The fourth-order valence-electron chi connectivity index (χ4n) is 1.52. The van der Waals surface area contributed by atoms with Crippen molar-refractivity contribution >= 4 is 17.5 Å². The molecule has 0 heterocycles. The number of carbonyl (C=O) groups excluding carboxylic acids is 1. The van der Waals surface area contributed by atoms with Crippen molar-refractivity contribution < 1.29 is 9.63 Å². The van der Waals surface area contributed by atoms with E-state index in [-0.39, 0.29) is 11.8 Å². The quantitative estimate of drug-likeness (QED) is 0.826. The predicted molar refractivity (Wildman–Crippen MR) is 64.8 cm³/mol. The summed E-state index contributed by atoms with van der Waals surface area (Å²) in [4.78, 5) is 16.4. The van der Waals surface area contributed by atoms with Crippen LogP contribution in [0.15, 0.2) is 12.1 Å². The molecule has 0 radical (unpaired) electrons. The second-order valence-corrected chi connectivity index (χ2v) is 4.39. The van der Waals surface area contributed by atoms with Gasteiger partial charge in [-0.3, -0.25) is 9.63 Å². The van der Waals surface area contributed by atoms with Crippen LogP contribution in [-0.2, 0) is 4.84 Å². The topological polar surface area (TPSA) is 38.3 Å². The molecule has 0 aliphatic heterocycles. The van der Waals surface area contributed by atoms with E-state index in [2.05, 4.69) is 10.3 Å². The van der Waals surface area contributed by atoms with Gasteiger partial charge in [0.1, 0.15) is 0 Å². The summed E-state index contributed by atoms with van der Waals surface area (Å²) >= 11 is 6.05. The first-order valence-electron chi connectivity index (χ1n) is 5.10. The smallest absolute Gasteiger partial charge is 0.275 e. The highest BCUT2D eigenvalue weighted by atomic mass is 35.5. The number of hydrogen-bond acceptors (Lipinski definition) is 2. The standard InChI is InChI=1S/C12H16ClNO2/c1-7(2)9-6-11(13)8(3)5-10(9)12(15)14-16-4/h5-7H,1-4H3,(H,14,15). The van der Waals surface area contributed by atoms with Gasteiger partial charge in [0.25, 0.3) is 5.91 Å². The van der Waals surface area contributed by atoms with Crippen molar-refractivity contribution in [2.45, 2.75) is 26.7 Å². The minimum Gasteiger partial charge on any atom is -0.277 e. The van der Waals surface area contributed by atoms with Gasteiger partial charge in [0.2, 0.25) is 0 Å². The number of benzene rings is 1. The second kappa shape index (κ2) is 5.32. The number of aryl methyl sites for hydroxylation is 1. The Labute approximate surface area is 101 Å². The van der Waals surface area contributed by atoms with Crippen molar-refractivity contribution in [3.63, 3.8) is 0 Å². The molecule has 0 aliphatic rings. The van der Waals surface area contributed by atoms with E-state index in [0.29, 0.717) is 10.6 Å². The Kier molecular flexibility index (Phi) is 4.33. The highest BCUT2D eigenvalue weighted by Gasteiger charge is 2.15. The Bertz CT molecular complexity index is 402. The zero-order valence-electron chi connectivity index (χ0n) is 9.93. The summed E-state index contributed by atoms with van der Waals surface area (Å²) in [7, 11) is 1.41. The fourth-order valence-corrected chi connectivity index (χ4v) is 1.69. The maximum atomic E-state index is 11.8. The number of amides is 1. The molecule has 3 nitrogen and oxygen atoms in total. The highest BCUT2D eigenvalue weighted by molar-refractivity contribution is 6.31. The number of nitrogens with one attached hydrogen (secondary N) is 1. The number of halogens is 1. The fraction of sp³-hybridized carbons (Fsp3) is 0.417. The van der Waals surface area contributed by atoms with E-state index in [1.54, 1.807) is 6.07 Å². The summed E-state index contributed by atoms with van der Waals surface area (Å²) in [6.07, 6.45) is 0. The predicted octanol–water partition coefficient (Wildman–Crippen LogP) is 3.06.